The molecule has 0 bridgehead atoms. The van der Waals surface area contributed by atoms with E-state index in [2.05, 4.69) is 49.8 Å². The zero-order valence-electron chi connectivity index (χ0n) is 24.6. The van der Waals surface area contributed by atoms with Crippen molar-refractivity contribution in [3.63, 3.8) is 0 Å². The number of aryl methyl sites for hydroxylation is 1. The van der Waals surface area contributed by atoms with Crippen LogP contribution in [0.15, 0.2) is 29.6 Å². The van der Waals surface area contributed by atoms with Gasteiger partial charge in [-0.25, -0.2) is 13.4 Å². The maximum Gasteiger partial charge on any atom is 0.229 e. The molecule has 0 atom stereocenters. The number of aromatic nitrogens is 4. The lowest BCUT2D eigenvalue weighted by molar-refractivity contribution is 0.241. The van der Waals surface area contributed by atoms with Crippen molar-refractivity contribution >= 4 is 44.6 Å². The van der Waals surface area contributed by atoms with Gasteiger partial charge in [-0.2, -0.15) is 10.1 Å². The van der Waals surface area contributed by atoms with E-state index in [0.29, 0.717) is 23.5 Å². The highest BCUT2D eigenvalue weighted by Gasteiger charge is 2.32. The number of halogens is 1. The summed E-state index contributed by atoms with van der Waals surface area (Å²) in [6, 6.07) is 4.43. The topological polar surface area (TPSA) is 114 Å². The summed E-state index contributed by atoms with van der Waals surface area (Å²) >= 11 is 6.46. The fourth-order valence-electron chi connectivity index (χ4n) is 5.23. The normalized spacial score (nSPS) is 16.9. The SMILES string of the molecule is CC(C)Oc1cc(C2CCN(C)CC2)c(C2CC2)cc1Nc1ncc(Cl)c(Nc2cn(C)nc2S(=O)(=O)C(C)C)n1. The van der Waals surface area contributed by atoms with Crippen LogP contribution in [0.5, 0.6) is 5.75 Å². The first-order chi connectivity index (χ1) is 19.4. The molecular formula is C29H40ClN7O3S. The summed E-state index contributed by atoms with van der Waals surface area (Å²) in [6.45, 7) is 9.48. The second-order valence-electron chi connectivity index (χ2n) is 11.8. The number of sulfone groups is 1. The van der Waals surface area contributed by atoms with Gasteiger partial charge >= 0.3 is 0 Å². The van der Waals surface area contributed by atoms with E-state index >= 15 is 0 Å². The maximum absolute atomic E-state index is 12.9. The Hall–Kier alpha value is -2.89. The van der Waals surface area contributed by atoms with Gasteiger partial charge in [0.2, 0.25) is 20.8 Å². The number of rotatable bonds is 10. The Kier molecular flexibility index (Phi) is 8.50. The van der Waals surface area contributed by atoms with Crippen LogP contribution in [0.3, 0.4) is 0 Å². The van der Waals surface area contributed by atoms with Crippen LogP contribution in [0.25, 0.3) is 0 Å². The molecule has 2 fully saturated rings. The molecule has 0 amide bonds. The number of anilines is 4. The van der Waals surface area contributed by atoms with Crippen molar-refractivity contribution in [2.75, 3.05) is 30.8 Å². The first kappa shape index (κ1) is 29.6. The summed E-state index contributed by atoms with van der Waals surface area (Å²) < 4.78 is 33.6. The average Bonchev–Trinajstić information content (AvgIpc) is 3.68. The van der Waals surface area contributed by atoms with Gasteiger partial charge in [0.15, 0.2) is 5.82 Å². The molecular weight excluding hydrogens is 562 g/mol. The molecule has 1 aromatic carbocycles. The van der Waals surface area contributed by atoms with Gasteiger partial charge < -0.3 is 20.3 Å². The second-order valence-corrected chi connectivity index (χ2v) is 14.6. The molecule has 1 aliphatic carbocycles. The minimum atomic E-state index is -3.63. The van der Waals surface area contributed by atoms with Crippen molar-refractivity contribution in [3.8, 4) is 5.75 Å². The van der Waals surface area contributed by atoms with Crippen LogP contribution in [0.4, 0.5) is 23.1 Å². The molecule has 10 nitrogen and oxygen atoms in total. The van der Waals surface area contributed by atoms with E-state index in [9.17, 15) is 8.42 Å². The van der Waals surface area contributed by atoms with Gasteiger partial charge in [-0.3, -0.25) is 4.68 Å². The van der Waals surface area contributed by atoms with E-state index < -0.39 is 15.1 Å². The summed E-state index contributed by atoms with van der Waals surface area (Å²) in [5.74, 6) is 2.44. The number of piperidine rings is 1. The van der Waals surface area contributed by atoms with Crippen LogP contribution in [-0.4, -0.2) is 64.6 Å². The van der Waals surface area contributed by atoms with E-state index in [4.69, 9.17) is 16.3 Å². The predicted octanol–water partition coefficient (Wildman–Crippen LogP) is 6.01. The van der Waals surface area contributed by atoms with Gasteiger partial charge in [-0.15, -0.1) is 0 Å². The van der Waals surface area contributed by atoms with Gasteiger partial charge in [0, 0.05) is 13.2 Å². The highest BCUT2D eigenvalue weighted by Crippen LogP contribution is 2.48. The Morgan fingerprint density at radius 2 is 1.63 bits per heavy atom. The third-order valence-corrected chi connectivity index (χ3v) is 10.0. The van der Waals surface area contributed by atoms with Gasteiger partial charge in [-0.1, -0.05) is 11.6 Å². The molecule has 2 aliphatic rings. The van der Waals surface area contributed by atoms with Gasteiger partial charge in [0.25, 0.3) is 0 Å². The van der Waals surface area contributed by atoms with Crippen LogP contribution >= 0.6 is 11.6 Å². The number of benzene rings is 1. The second kappa shape index (κ2) is 11.8. The third kappa shape index (κ3) is 6.62. The Morgan fingerprint density at radius 1 is 0.976 bits per heavy atom. The minimum absolute atomic E-state index is 0.0112. The summed E-state index contributed by atoms with van der Waals surface area (Å²) in [6.07, 6.45) is 7.75. The van der Waals surface area contributed by atoms with Crippen LogP contribution in [0, 0.1) is 0 Å². The summed E-state index contributed by atoms with van der Waals surface area (Å²) in [5, 5.41) is 10.2. The van der Waals surface area contributed by atoms with Crippen molar-refractivity contribution < 1.29 is 13.2 Å². The first-order valence-corrected chi connectivity index (χ1v) is 16.2. The number of nitrogens with one attached hydrogen (secondary N) is 2. The Morgan fingerprint density at radius 3 is 2.27 bits per heavy atom. The molecule has 5 rings (SSSR count). The van der Waals surface area contributed by atoms with E-state index in [1.165, 1.54) is 34.8 Å². The van der Waals surface area contributed by atoms with E-state index in [1.807, 2.05) is 13.8 Å². The van der Waals surface area contributed by atoms with Crippen molar-refractivity contribution in [2.24, 2.45) is 7.05 Å². The highest BCUT2D eigenvalue weighted by atomic mass is 35.5. The Bertz CT molecular complexity index is 1510. The number of likely N-dealkylation sites (tertiary alicyclic amines) is 1. The fourth-order valence-corrected chi connectivity index (χ4v) is 6.47. The van der Waals surface area contributed by atoms with Gasteiger partial charge in [0.05, 0.1) is 28.9 Å². The number of ether oxygens (including phenoxy) is 1. The molecule has 2 aromatic heterocycles. The molecule has 3 aromatic rings. The zero-order chi connectivity index (χ0) is 29.5. The minimum Gasteiger partial charge on any atom is -0.489 e. The zero-order valence-corrected chi connectivity index (χ0v) is 26.2. The molecule has 12 heteroatoms. The molecule has 0 radical (unpaired) electrons. The van der Waals surface area contributed by atoms with E-state index in [-0.39, 0.29) is 22.0 Å². The smallest absolute Gasteiger partial charge is 0.229 e. The largest absolute Gasteiger partial charge is 0.489 e. The number of hydrogen-bond acceptors (Lipinski definition) is 9. The van der Waals surface area contributed by atoms with Crippen LogP contribution in [-0.2, 0) is 16.9 Å². The fraction of sp³-hybridized carbons (Fsp3) is 0.552. The third-order valence-electron chi connectivity index (χ3n) is 7.65. The number of nitrogens with zero attached hydrogens (tertiary/aromatic N) is 5. The molecule has 1 saturated heterocycles. The average molecular weight is 602 g/mol. The molecule has 0 spiro atoms. The Labute approximate surface area is 247 Å². The van der Waals surface area contributed by atoms with E-state index in [0.717, 1.165) is 37.4 Å². The molecule has 0 unspecified atom stereocenters. The lowest BCUT2D eigenvalue weighted by atomic mass is 9.84. The van der Waals surface area contributed by atoms with Gasteiger partial charge in [-0.05, 0) is 109 Å². The van der Waals surface area contributed by atoms with Crippen LogP contribution in [0.1, 0.15) is 76.3 Å². The number of hydrogen-bond donors (Lipinski definition) is 2. The molecule has 41 heavy (non-hydrogen) atoms. The van der Waals surface area contributed by atoms with Gasteiger partial charge in [0.1, 0.15) is 10.8 Å². The standard InChI is InChI=1S/C29H40ClN7O3S/c1-17(2)40-26-14-22(20-9-11-36(5)12-10-20)21(19-7-8-19)13-24(26)33-29-31-15-23(30)27(34-29)32-25-16-37(6)35-28(25)41(38,39)18(3)4/h13-20H,7-12H2,1-6H3,(H2,31,32,33,34). The lowest BCUT2D eigenvalue weighted by Crippen LogP contribution is -2.29. The summed E-state index contributed by atoms with van der Waals surface area (Å²) in [7, 11) is 0.220. The molecule has 222 valence electrons. The lowest BCUT2D eigenvalue weighted by Gasteiger charge is -2.31. The summed E-state index contributed by atoms with van der Waals surface area (Å²) in [5.41, 5.74) is 3.88. The van der Waals surface area contributed by atoms with Crippen molar-refractivity contribution in [2.45, 2.75) is 81.6 Å². The molecule has 1 aliphatic heterocycles. The molecule has 3 heterocycles. The Balaban J connectivity index is 1.48. The molecule has 1 saturated carbocycles. The predicted molar refractivity (Wildman–Crippen MR) is 163 cm³/mol. The quantitative estimate of drug-likeness (QED) is 0.288. The van der Waals surface area contributed by atoms with Crippen molar-refractivity contribution in [1.29, 1.82) is 0 Å². The first-order valence-electron chi connectivity index (χ1n) is 14.3. The van der Waals surface area contributed by atoms with Crippen LogP contribution in [0.2, 0.25) is 5.02 Å². The van der Waals surface area contributed by atoms with Crippen LogP contribution < -0.4 is 15.4 Å². The molecule has 2 N–H and O–H groups in total. The highest BCUT2D eigenvalue weighted by molar-refractivity contribution is 7.92. The van der Waals surface area contributed by atoms with E-state index in [1.54, 1.807) is 27.1 Å². The van der Waals surface area contributed by atoms with Crippen molar-refractivity contribution in [3.05, 3.63) is 40.7 Å². The maximum atomic E-state index is 12.9. The summed E-state index contributed by atoms with van der Waals surface area (Å²) in [4.78, 5) is 11.4. The van der Waals surface area contributed by atoms with Crippen molar-refractivity contribution in [1.82, 2.24) is 24.6 Å². The monoisotopic (exact) mass is 601 g/mol.